The molecule has 0 aliphatic rings. The van der Waals surface area contributed by atoms with E-state index in [-0.39, 0.29) is 5.75 Å². The number of phenols is 1. The van der Waals surface area contributed by atoms with Crippen molar-refractivity contribution < 1.29 is 9.84 Å². The number of ether oxygens (including phenoxy) is 1. The molecule has 1 aromatic heterocycles. The quantitative estimate of drug-likeness (QED) is 0.505. The average molecular weight is 371 g/mol. The lowest BCUT2D eigenvalue weighted by molar-refractivity contribution is 0.374. The van der Waals surface area contributed by atoms with Crippen LogP contribution in [0.5, 0.6) is 11.5 Å². The van der Waals surface area contributed by atoms with Gasteiger partial charge in [-0.25, -0.2) is 9.97 Å². The second-order valence-electron chi connectivity index (χ2n) is 6.69. The number of hydrogen-bond acceptors (Lipinski definition) is 5. The number of hydrogen-bond donors (Lipinski definition) is 2. The molecule has 0 radical (unpaired) electrons. The van der Waals surface area contributed by atoms with Gasteiger partial charge in [0.2, 0.25) is 0 Å². The first-order chi connectivity index (χ1) is 13.6. The van der Waals surface area contributed by atoms with Crippen LogP contribution in [-0.4, -0.2) is 22.2 Å². The van der Waals surface area contributed by atoms with Crippen molar-refractivity contribution in [1.82, 2.24) is 9.97 Å². The van der Waals surface area contributed by atoms with Gasteiger partial charge < -0.3 is 15.2 Å². The highest BCUT2D eigenvalue weighted by Gasteiger charge is 2.15. The van der Waals surface area contributed by atoms with Crippen molar-refractivity contribution in [3.8, 4) is 22.9 Å². The molecule has 4 aromatic rings. The van der Waals surface area contributed by atoms with E-state index in [2.05, 4.69) is 36.3 Å². The molecule has 0 spiro atoms. The maximum atomic E-state index is 10.5. The molecule has 1 heterocycles. The zero-order valence-corrected chi connectivity index (χ0v) is 16.0. The number of methoxy groups -OCH3 is 1. The molecule has 28 heavy (non-hydrogen) atoms. The maximum absolute atomic E-state index is 10.5. The van der Waals surface area contributed by atoms with Crippen molar-refractivity contribution >= 4 is 22.4 Å². The molecule has 0 aliphatic carbocycles. The molecule has 140 valence electrons. The Labute approximate surface area is 163 Å². The summed E-state index contributed by atoms with van der Waals surface area (Å²) in [5.41, 5.74) is 4.70. The lowest BCUT2D eigenvalue weighted by Crippen LogP contribution is -2.00. The Morgan fingerprint density at radius 3 is 2.50 bits per heavy atom. The van der Waals surface area contributed by atoms with Gasteiger partial charge >= 0.3 is 0 Å². The van der Waals surface area contributed by atoms with Crippen molar-refractivity contribution in [2.75, 3.05) is 12.4 Å². The van der Waals surface area contributed by atoms with Crippen LogP contribution in [-0.2, 0) is 0 Å². The van der Waals surface area contributed by atoms with Crippen LogP contribution in [0.2, 0.25) is 0 Å². The Morgan fingerprint density at radius 2 is 1.71 bits per heavy atom. The molecule has 5 nitrogen and oxygen atoms in total. The third-order valence-electron chi connectivity index (χ3n) is 4.83. The summed E-state index contributed by atoms with van der Waals surface area (Å²) in [5.74, 6) is 1.53. The number of para-hydroxylation sites is 2. The van der Waals surface area contributed by atoms with Crippen LogP contribution in [0.25, 0.3) is 22.3 Å². The van der Waals surface area contributed by atoms with E-state index in [1.807, 2.05) is 36.4 Å². The Morgan fingerprint density at radius 1 is 0.893 bits per heavy atom. The standard InChI is InChI=1S/C23H21N3O2/c1-14-11-12-16(13-15(14)2)24-22-17-7-4-5-9-19(17)25-23(26-22)18-8-6-10-20(28-3)21(18)27/h4-13,27H,1-3H3,(H,24,25,26). The van der Waals surface area contributed by atoms with E-state index < -0.39 is 0 Å². The van der Waals surface area contributed by atoms with Crippen molar-refractivity contribution in [3.05, 3.63) is 71.8 Å². The van der Waals surface area contributed by atoms with Crippen LogP contribution in [0.4, 0.5) is 11.5 Å². The largest absolute Gasteiger partial charge is 0.504 e. The van der Waals surface area contributed by atoms with Crippen LogP contribution in [0.1, 0.15) is 11.1 Å². The molecule has 0 amide bonds. The Balaban J connectivity index is 1.87. The van der Waals surface area contributed by atoms with Crippen LogP contribution >= 0.6 is 0 Å². The zero-order chi connectivity index (χ0) is 19.7. The Kier molecular flexibility index (Phi) is 4.57. The molecule has 3 aromatic carbocycles. The van der Waals surface area contributed by atoms with Gasteiger partial charge in [-0.2, -0.15) is 0 Å². The van der Waals surface area contributed by atoms with Gasteiger partial charge in [-0.05, 0) is 61.4 Å². The third kappa shape index (κ3) is 3.22. The fraction of sp³-hybridized carbons (Fsp3) is 0.130. The number of aromatic nitrogens is 2. The van der Waals surface area contributed by atoms with E-state index in [0.717, 1.165) is 16.6 Å². The molecule has 0 saturated carbocycles. The average Bonchev–Trinajstić information content (AvgIpc) is 2.71. The number of aromatic hydroxyl groups is 1. The molecule has 5 heteroatoms. The van der Waals surface area contributed by atoms with Gasteiger partial charge in [-0.15, -0.1) is 0 Å². The van der Waals surface area contributed by atoms with Crippen LogP contribution in [0, 0.1) is 13.8 Å². The molecule has 2 N–H and O–H groups in total. The van der Waals surface area contributed by atoms with Crippen LogP contribution in [0.3, 0.4) is 0 Å². The normalized spacial score (nSPS) is 10.8. The number of benzene rings is 3. The van der Waals surface area contributed by atoms with E-state index in [1.54, 1.807) is 12.1 Å². The number of nitrogens with zero attached hydrogens (tertiary/aromatic N) is 2. The van der Waals surface area contributed by atoms with Crippen molar-refractivity contribution in [3.63, 3.8) is 0 Å². The lowest BCUT2D eigenvalue weighted by atomic mass is 10.1. The van der Waals surface area contributed by atoms with Gasteiger partial charge in [-0.3, -0.25) is 0 Å². The summed E-state index contributed by atoms with van der Waals surface area (Å²) in [6.07, 6.45) is 0. The highest BCUT2D eigenvalue weighted by atomic mass is 16.5. The summed E-state index contributed by atoms with van der Waals surface area (Å²) < 4.78 is 5.22. The summed E-state index contributed by atoms with van der Waals surface area (Å²) in [5, 5.41) is 14.9. The van der Waals surface area contributed by atoms with Gasteiger partial charge in [0.05, 0.1) is 18.2 Å². The van der Waals surface area contributed by atoms with Gasteiger partial charge in [0.15, 0.2) is 17.3 Å². The molecule has 0 unspecified atom stereocenters. The third-order valence-corrected chi connectivity index (χ3v) is 4.83. The first kappa shape index (κ1) is 17.8. The van der Waals surface area contributed by atoms with Crippen LogP contribution in [0.15, 0.2) is 60.7 Å². The molecular formula is C23H21N3O2. The predicted octanol–water partition coefficient (Wildman–Crippen LogP) is 5.37. The number of anilines is 2. The molecule has 4 rings (SSSR count). The predicted molar refractivity (Wildman–Crippen MR) is 112 cm³/mol. The van der Waals surface area contributed by atoms with E-state index >= 15 is 0 Å². The minimum atomic E-state index is 0.0254. The fourth-order valence-corrected chi connectivity index (χ4v) is 3.12. The van der Waals surface area contributed by atoms with Crippen molar-refractivity contribution in [2.45, 2.75) is 13.8 Å². The molecule has 0 saturated heterocycles. The second-order valence-corrected chi connectivity index (χ2v) is 6.69. The zero-order valence-electron chi connectivity index (χ0n) is 16.0. The first-order valence-corrected chi connectivity index (χ1v) is 9.04. The van der Waals surface area contributed by atoms with Crippen molar-refractivity contribution in [2.24, 2.45) is 0 Å². The molecule has 0 fully saturated rings. The Hall–Kier alpha value is -3.60. The van der Waals surface area contributed by atoms with Gasteiger partial charge in [0.1, 0.15) is 5.82 Å². The van der Waals surface area contributed by atoms with Gasteiger partial charge in [-0.1, -0.05) is 24.3 Å². The summed E-state index contributed by atoms with van der Waals surface area (Å²) in [6.45, 7) is 4.17. The summed E-state index contributed by atoms with van der Waals surface area (Å²) in [6, 6.07) is 19.3. The van der Waals surface area contributed by atoms with E-state index in [0.29, 0.717) is 23.0 Å². The fourth-order valence-electron chi connectivity index (χ4n) is 3.12. The van der Waals surface area contributed by atoms with E-state index in [1.165, 1.54) is 18.2 Å². The molecule has 0 bridgehead atoms. The van der Waals surface area contributed by atoms with Crippen LogP contribution < -0.4 is 10.1 Å². The van der Waals surface area contributed by atoms with Gasteiger partial charge in [0, 0.05) is 11.1 Å². The summed E-state index contributed by atoms with van der Waals surface area (Å²) >= 11 is 0. The summed E-state index contributed by atoms with van der Waals surface area (Å²) in [4.78, 5) is 9.37. The molecule has 0 atom stereocenters. The number of aryl methyl sites for hydroxylation is 2. The number of phenolic OH excluding ortho intramolecular Hbond substituents is 1. The first-order valence-electron chi connectivity index (χ1n) is 9.04. The Bertz CT molecular complexity index is 1170. The second kappa shape index (κ2) is 7.19. The topological polar surface area (TPSA) is 67.3 Å². The minimum Gasteiger partial charge on any atom is -0.504 e. The monoisotopic (exact) mass is 371 g/mol. The van der Waals surface area contributed by atoms with E-state index in [4.69, 9.17) is 9.72 Å². The van der Waals surface area contributed by atoms with Crippen molar-refractivity contribution in [1.29, 1.82) is 0 Å². The number of nitrogens with one attached hydrogen (secondary N) is 1. The number of fused-ring (bicyclic) bond motifs is 1. The highest BCUT2D eigenvalue weighted by molar-refractivity contribution is 5.92. The minimum absolute atomic E-state index is 0.0254. The molecule has 0 aliphatic heterocycles. The molecular weight excluding hydrogens is 350 g/mol. The summed E-state index contributed by atoms with van der Waals surface area (Å²) in [7, 11) is 1.52. The smallest absolute Gasteiger partial charge is 0.168 e. The SMILES string of the molecule is COc1cccc(-c2nc(Nc3ccc(C)c(C)c3)c3ccccc3n2)c1O. The lowest BCUT2D eigenvalue weighted by Gasteiger charge is -2.13. The van der Waals surface area contributed by atoms with E-state index in [9.17, 15) is 5.11 Å². The maximum Gasteiger partial charge on any atom is 0.168 e. The number of rotatable bonds is 4. The highest BCUT2D eigenvalue weighted by Crippen LogP contribution is 2.37. The van der Waals surface area contributed by atoms with Gasteiger partial charge in [0.25, 0.3) is 0 Å².